The second kappa shape index (κ2) is 11.2. The van der Waals surface area contributed by atoms with Gasteiger partial charge in [-0.15, -0.1) is 0 Å². The molecule has 1 N–H and O–H groups in total. The molecule has 1 fully saturated rings. The average molecular weight is 404 g/mol. The second-order valence-corrected chi connectivity index (χ2v) is 9.21. The molecule has 0 amide bonds. The largest absolute Gasteiger partial charge is 0.508 e. The van der Waals surface area contributed by atoms with Crippen LogP contribution in [0.4, 0.5) is 0 Å². The van der Waals surface area contributed by atoms with Gasteiger partial charge in [0.15, 0.2) is 0 Å². The van der Waals surface area contributed by atoms with Crippen molar-refractivity contribution < 1.29 is 5.11 Å². The molecule has 1 aliphatic rings. The zero-order valence-electron chi connectivity index (χ0n) is 18.6. The molecule has 0 aliphatic heterocycles. The monoisotopic (exact) mass is 403 g/mol. The Morgan fingerprint density at radius 2 is 1.37 bits per heavy atom. The van der Waals surface area contributed by atoms with Crippen molar-refractivity contribution >= 4 is 0 Å². The summed E-state index contributed by atoms with van der Waals surface area (Å²) in [6.45, 7) is 2.26. The van der Waals surface area contributed by atoms with Gasteiger partial charge in [0.25, 0.3) is 0 Å². The molecule has 0 bridgehead atoms. The summed E-state index contributed by atoms with van der Waals surface area (Å²) in [7, 11) is 0. The van der Waals surface area contributed by atoms with Crippen molar-refractivity contribution in [2.75, 3.05) is 0 Å². The maximum Gasteiger partial charge on any atom is 0.115 e. The van der Waals surface area contributed by atoms with Crippen molar-refractivity contribution in [1.82, 2.24) is 0 Å². The Kier molecular flexibility index (Phi) is 8.38. The van der Waals surface area contributed by atoms with Gasteiger partial charge >= 0.3 is 0 Å². The van der Waals surface area contributed by atoms with Gasteiger partial charge in [0, 0.05) is 0 Å². The summed E-state index contributed by atoms with van der Waals surface area (Å²) < 4.78 is 0. The SMILES string of the molecule is CCCCCCCCCC1(C#N)CCC(c2ccc(-c3ccc(O)cc3)cc2)CC1. The Labute approximate surface area is 183 Å². The first kappa shape index (κ1) is 22.4. The average Bonchev–Trinajstić information content (AvgIpc) is 2.80. The van der Waals surface area contributed by atoms with Crippen LogP contribution in [0.25, 0.3) is 11.1 Å². The van der Waals surface area contributed by atoms with Crippen molar-refractivity contribution in [2.45, 2.75) is 89.9 Å². The number of hydrogen-bond acceptors (Lipinski definition) is 2. The maximum absolute atomic E-state index is 9.89. The predicted octanol–water partition coefficient (Wildman–Crippen LogP) is 8.37. The number of phenolic OH excluding ortho intramolecular Hbond substituents is 1. The molecule has 2 aromatic rings. The number of rotatable bonds is 10. The molecule has 0 spiro atoms. The first-order valence-electron chi connectivity index (χ1n) is 12.0. The van der Waals surface area contributed by atoms with E-state index < -0.39 is 0 Å². The van der Waals surface area contributed by atoms with Crippen LogP contribution < -0.4 is 0 Å². The van der Waals surface area contributed by atoms with Crippen molar-refractivity contribution in [3.8, 4) is 22.9 Å². The first-order chi connectivity index (χ1) is 14.7. The van der Waals surface area contributed by atoms with Gasteiger partial charge in [-0.2, -0.15) is 5.26 Å². The molecule has 0 atom stereocenters. The Hall–Kier alpha value is -2.27. The molecule has 1 aliphatic carbocycles. The number of phenols is 1. The lowest BCUT2D eigenvalue weighted by atomic mass is 9.67. The number of aromatic hydroxyl groups is 1. The highest BCUT2D eigenvalue weighted by Gasteiger charge is 2.35. The maximum atomic E-state index is 9.89. The third-order valence-electron chi connectivity index (χ3n) is 7.02. The number of unbranched alkanes of at least 4 members (excludes halogenated alkanes) is 6. The molecule has 2 heteroatoms. The van der Waals surface area contributed by atoms with E-state index in [-0.39, 0.29) is 5.41 Å². The number of nitriles is 1. The molecule has 0 unspecified atom stereocenters. The molecule has 30 heavy (non-hydrogen) atoms. The summed E-state index contributed by atoms with van der Waals surface area (Å²) in [5, 5.41) is 19.4. The molecular weight excluding hydrogens is 366 g/mol. The van der Waals surface area contributed by atoms with E-state index in [2.05, 4.69) is 37.3 Å². The van der Waals surface area contributed by atoms with E-state index in [1.54, 1.807) is 12.1 Å². The van der Waals surface area contributed by atoms with Crippen LogP contribution in [0.1, 0.15) is 95.5 Å². The third-order valence-corrected chi connectivity index (χ3v) is 7.02. The minimum Gasteiger partial charge on any atom is -0.508 e. The van der Waals surface area contributed by atoms with Crippen LogP contribution in [0.15, 0.2) is 48.5 Å². The highest BCUT2D eigenvalue weighted by atomic mass is 16.3. The predicted molar refractivity (Wildman–Crippen MR) is 125 cm³/mol. The fourth-order valence-electron chi connectivity index (χ4n) is 4.94. The van der Waals surface area contributed by atoms with Gasteiger partial charge in [-0.05, 0) is 66.8 Å². The van der Waals surface area contributed by atoms with Crippen LogP contribution in [0, 0.1) is 16.7 Å². The molecule has 1 saturated carbocycles. The van der Waals surface area contributed by atoms with E-state index in [0.29, 0.717) is 11.7 Å². The fourth-order valence-corrected chi connectivity index (χ4v) is 4.94. The summed E-state index contributed by atoms with van der Waals surface area (Å²) in [5.74, 6) is 0.879. The molecule has 0 saturated heterocycles. The van der Waals surface area contributed by atoms with Gasteiger partial charge in [-0.25, -0.2) is 0 Å². The fraction of sp³-hybridized carbons (Fsp3) is 0.536. The van der Waals surface area contributed by atoms with Gasteiger partial charge in [0.05, 0.1) is 11.5 Å². The van der Waals surface area contributed by atoms with Crippen molar-refractivity contribution in [2.24, 2.45) is 5.41 Å². The minimum absolute atomic E-state index is 0.0775. The number of hydrogen-bond donors (Lipinski definition) is 1. The standard InChI is InChI=1S/C28H37NO/c1-2-3-4-5-6-7-8-19-28(22-29)20-17-26(18-21-28)24-11-9-23(10-12-24)25-13-15-27(30)16-14-25/h9-16,26,30H,2-8,17-21H2,1H3. The van der Waals surface area contributed by atoms with Gasteiger partial charge < -0.3 is 5.11 Å². The Bertz CT molecular complexity index is 792. The molecule has 2 aromatic carbocycles. The molecule has 2 nitrogen and oxygen atoms in total. The van der Waals surface area contributed by atoms with Crippen LogP contribution in [-0.2, 0) is 0 Å². The topological polar surface area (TPSA) is 44.0 Å². The summed E-state index contributed by atoms with van der Waals surface area (Å²) in [6, 6.07) is 19.0. The van der Waals surface area contributed by atoms with Crippen LogP contribution in [0.3, 0.4) is 0 Å². The zero-order valence-corrected chi connectivity index (χ0v) is 18.6. The van der Waals surface area contributed by atoms with E-state index in [4.69, 9.17) is 0 Å². The summed E-state index contributed by atoms with van der Waals surface area (Å²) in [6.07, 6.45) is 14.7. The molecular formula is C28H37NO. The van der Waals surface area contributed by atoms with Gasteiger partial charge in [-0.1, -0.05) is 88.3 Å². The Morgan fingerprint density at radius 1 is 0.833 bits per heavy atom. The first-order valence-corrected chi connectivity index (χ1v) is 12.0. The molecule has 0 heterocycles. The van der Waals surface area contributed by atoms with E-state index >= 15 is 0 Å². The van der Waals surface area contributed by atoms with Crippen LogP contribution in [0.2, 0.25) is 0 Å². The number of benzene rings is 2. The second-order valence-electron chi connectivity index (χ2n) is 9.21. The van der Waals surface area contributed by atoms with Gasteiger partial charge in [0.1, 0.15) is 5.75 Å². The van der Waals surface area contributed by atoms with E-state index in [1.165, 1.54) is 56.1 Å². The number of nitrogens with zero attached hydrogens (tertiary/aromatic N) is 1. The quantitative estimate of drug-likeness (QED) is 0.405. The lowest BCUT2D eigenvalue weighted by molar-refractivity contribution is 0.223. The molecule has 0 radical (unpaired) electrons. The third kappa shape index (κ3) is 6.11. The summed E-state index contributed by atoms with van der Waals surface area (Å²) >= 11 is 0. The Morgan fingerprint density at radius 3 is 1.93 bits per heavy atom. The lowest BCUT2D eigenvalue weighted by Crippen LogP contribution is -2.25. The molecule has 0 aromatic heterocycles. The van der Waals surface area contributed by atoms with E-state index in [9.17, 15) is 10.4 Å². The van der Waals surface area contributed by atoms with E-state index in [0.717, 1.165) is 37.7 Å². The zero-order chi connectivity index (χ0) is 21.2. The van der Waals surface area contributed by atoms with Gasteiger partial charge in [-0.3, -0.25) is 0 Å². The minimum atomic E-state index is -0.0775. The summed E-state index contributed by atoms with van der Waals surface area (Å²) in [5.41, 5.74) is 3.63. The van der Waals surface area contributed by atoms with Crippen LogP contribution >= 0.6 is 0 Å². The molecule has 3 rings (SSSR count). The van der Waals surface area contributed by atoms with Crippen molar-refractivity contribution in [1.29, 1.82) is 5.26 Å². The van der Waals surface area contributed by atoms with E-state index in [1.807, 2.05) is 12.1 Å². The van der Waals surface area contributed by atoms with Gasteiger partial charge in [0.2, 0.25) is 0 Å². The highest BCUT2D eigenvalue weighted by Crippen LogP contribution is 2.45. The summed E-state index contributed by atoms with van der Waals surface area (Å²) in [4.78, 5) is 0. The smallest absolute Gasteiger partial charge is 0.115 e. The van der Waals surface area contributed by atoms with Crippen LogP contribution in [-0.4, -0.2) is 5.11 Å². The van der Waals surface area contributed by atoms with Crippen molar-refractivity contribution in [3.63, 3.8) is 0 Å². The van der Waals surface area contributed by atoms with Crippen LogP contribution in [0.5, 0.6) is 5.75 Å². The molecule has 160 valence electrons. The lowest BCUT2D eigenvalue weighted by Gasteiger charge is -2.35. The van der Waals surface area contributed by atoms with Crippen molar-refractivity contribution in [3.05, 3.63) is 54.1 Å². The highest BCUT2D eigenvalue weighted by molar-refractivity contribution is 5.64. The Balaban J connectivity index is 1.48. The normalized spacial score (nSPS) is 21.3.